The lowest BCUT2D eigenvalue weighted by atomic mass is 10.1. The third-order valence-electron chi connectivity index (χ3n) is 2.33. The standard InChI is InChI=1S/C10H18N2S/c1-3-9(11-2)5-4-6-10-12-7-8-13-10/h7-9,11H,3-6H2,1-2H3. The molecule has 0 aliphatic heterocycles. The fourth-order valence-electron chi connectivity index (χ4n) is 1.43. The van der Waals surface area contributed by atoms with E-state index in [2.05, 4.69) is 17.2 Å². The van der Waals surface area contributed by atoms with Gasteiger partial charge in [-0.2, -0.15) is 0 Å². The molecule has 2 nitrogen and oxygen atoms in total. The van der Waals surface area contributed by atoms with Gasteiger partial charge in [0.2, 0.25) is 0 Å². The highest BCUT2D eigenvalue weighted by molar-refractivity contribution is 7.09. The Bertz CT molecular complexity index is 205. The van der Waals surface area contributed by atoms with Crippen molar-refractivity contribution < 1.29 is 0 Å². The second-order valence-corrected chi connectivity index (χ2v) is 4.19. The minimum atomic E-state index is 0.681. The van der Waals surface area contributed by atoms with Gasteiger partial charge in [0.15, 0.2) is 0 Å². The zero-order valence-corrected chi connectivity index (χ0v) is 9.23. The van der Waals surface area contributed by atoms with Gasteiger partial charge in [-0.1, -0.05) is 6.92 Å². The Labute approximate surface area is 84.4 Å². The monoisotopic (exact) mass is 198 g/mol. The number of thiazole rings is 1. The van der Waals surface area contributed by atoms with Crippen LogP contribution in [-0.4, -0.2) is 18.1 Å². The molecular formula is C10H18N2S. The summed E-state index contributed by atoms with van der Waals surface area (Å²) in [5, 5.41) is 6.63. The molecule has 13 heavy (non-hydrogen) atoms. The Morgan fingerprint density at radius 2 is 2.46 bits per heavy atom. The van der Waals surface area contributed by atoms with Gasteiger partial charge in [0, 0.05) is 17.6 Å². The maximum Gasteiger partial charge on any atom is 0.0924 e. The van der Waals surface area contributed by atoms with E-state index in [1.165, 1.54) is 24.3 Å². The van der Waals surface area contributed by atoms with Crippen LogP contribution in [0.3, 0.4) is 0 Å². The summed E-state index contributed by atoms with van der Waals surface area (Å²) in [7, 11) is 2.04. The number of aromatic nitrogens is 1. The molecule has 0 saturated heterocycles. The van der Waals surface area contributed by atoms with Crippen LogP contribution in [0.25, 0.3) is 0 Å². The minimum absolute atomic E-state index is 0.681. The molecule has 0 amide bonds. The summed E-state index contributed by atoms with van der Waals surface area (Å²) in [6.45, 7) is 2.23. The molecule has 0 bridgehead atoms. The van der Waals surface area contributed by atoms with Gasteiger partial charge in [-0.05, 0) is 32.7 Å². The van der Waals surface area contributed by atoms with E-state index in [1.807, 2.05) is 18.6 Å². The summed E-state index contributed by atoms with van der Waals surface area (Å²) in [4.78, 5) is 4.26. The zero-order valence-electron chi connectivity index (χ0n) is 8.42. The Morgan fingerprint density at radius 1 is 1.62 bits per heavy atom. The first-order chi connectivity index (χ1) is 6.36. The number of aryl methyl sites for hydroxylation is 1. The van der Waals surface area contributed by atoms with Crippen LogP contribution < -0.4 is 5.32 Å². The first kappa shape index (κ1) is 10.7. The molecule has 0 aromatic carbocycles. The van der Waals surface area contributed by atoms with Gasteiger partial charge in [0.1, 0.15) is 0 Å². The molecule has 0 fully saturated rings. The van der Waals surface area contributed by atoms with Crippen molar-refractivity contribution in [3.8, 4) is 0 Å². The molecule has 1 unspecified atom stereocenters. The molecule has 0 aliphatic carbocycles. The van der Waals surface area contributed by atoms with Crippen LogP contribution >= 0.6 is 11.3 Å². The van der Waals surface area contributed by atoms with Crippen LogP contribution in [-0.2, 0) is 6.42 Å². The van der Waals surface area contributed by atoms with Gasteiger partial charge in [0.05, 0.1) is 5.01 Å². The molecule has 1 aromatic heterocycles. The van der Waals surface area contributed by atoms with Crippen molar-refractivity contribution in [1.29, 1.82) is 0 Å². The third kappa shape index (κ3) is 3.87. The smallest absolute Gasteiger partial charge is 0.0924 e. The van der Waals surface area contributed by atoms with Crippen LogP contribution in [0.4, 0.5) is 0 Å². The fourth-order valence-corrected chi connectivity index (χ4v) is 2.09. The van der Waals surface area contributed by atoms with Crippen molar-refractivity contribution in [3.05, 3.63) is 16.6 Å². The Balaban J connectivity index is 2.13. The van der Waals surface area contributed by atoms with Gasteiger partial charge in [0.25, 0.3) is 0 Å². The van der Waals surface area contributed by atoms with Crippen molar-refractivity contribution >= 4 is 11.3 Å². The predicted octanol–water partition coefficient (Wildman–Crippen LogP) is 2.46. The molecule has 0 saturated carbocycles. The van der Waals surface area contributed by atoms with E-state index in [-0.39, 0.29) is 0 Å². The molecule has 1 N–H and O–H groups in total. The first-order valence-corrected chi connectivity index (χ1v) is 5.80. The number of hydrogen-bond donors (Lipinski definition) is 1. The maximum absolute atomic E-state index is 4.26. The van der Waals surface area contributed by atoms with Gasteiger partial charge >= 0.3 is 0 Å². The molecular weight excluding hydrogens is 180 g/mol. The number of hydrogen-bond acceptors (Lipinski definition) is 3. The van der Waals surface area contributed by atoms with E-state index in [0.29, 0.717) is 6.04 Å². The number of nitrogens with one attached hydrogen (secondary N) is 1. The van der Waals surface area contributed by atoms with Gasteiger partial charge in [-0.15, -0.1) is 11.3 Å². The van der Waals surface area contributed by atoms with E-state index in [4.69, 9.17) is 0 Å². The van der Waals surface area contributed by atoms with Crippen molar-refractivity contribution in [2.45, 2.75) is 38.6 Å². The minimum Gasteiger partial charge on any atom is -0.317 e. The van der Waals surface area contributed by atoms with Gasteiger partial charge < -0.3 is 5.32 Å². The Kier molecular flexibility index (Phi) is 5.01. The molecule has 0 spiro atoms. The second kappa shape index (κ2) is 6.11. The topological polar surface area (TPSA) is 24.9 Å². The number of rotatable bonds is 6. The third-order valence-corrected chi connectivity index (χ3v) is 3.17. The largest absolute Gasteiger partial charge is 0.317 e. The predicted molar refractivity (Wildman–Crippen MR) is 58.2 cm³/mol. The van der Waals surface area contributed by atoms with E-state index < -0.39 is 0 Å². The van der Waals surface area contributed by atoms with E-state index in [0.717, 1.165) is 6.42 Å². The molecule has 0 aliphatic rings. The summed E-state index contributed by atoms with van der Waals surface area (Å²) in [6.07, 6.45) is 6.74. The van der Waals surface area contributed by atoms with Crippen molar-refractivity contribution in [2.24, 2.45) is 0 Å². The Morgan fingerprint density at radius 3 is 3.00 bits per heavy atom. The van der Waals surface area contributed by atoms with Crippen LogP contribution in [0.5, 0.6) is 0 Å². The number of nitrogens with zero attached hydrogens (tertiary/aromatic N) is 1. The molecule has 1 heterocycles. The lowest BCUT2D eigenvalue weighted by Gasteiger charge is -2.12. The van der Waals surface area contributed by atoms with Crippen LogP contribution in [0.2, 0.25) is 0 Å². The molecule has 74 valence electrons. The van der Waals surface area contributed by atoms with Crippen molar-refractivity contribution in [1.82, 2.24) is 10.3 Å². The fraction of sp³-hybridized carbons (Fsp3) is 0.700. The first-order valence-electron chi connectivity index (χ1n) is 4.92. The highest BCUT2D eigenvalue weighted by atomic mass is 32.1. The molecule has 1 aromatic rings. The summed E-state index contributed by atoms with van der Waals surface area (Å²) in [5.41, 5.74) is 0. The van der Waals surface area contributed by atoms with Gasteiger partial charge in [-0.3, -0.25) is 0 Å². The van der Waals surface area contributed by atoms with E-state index >= 15 is 0 Å². The molecule has 0 radical (unpaired) electrons. The van der Waals surface area contributed by atoms with E-state index in [1.54, 1.807) is 11.3 Å². The SMILES string of the molecule is CCC(CCCc1nccs1)NC. The molecule has 1 atom stereocenters. The summed E-state index contributed by atoms with van der Waals surface area (Å²) < 4.78 is 0. The highest BCUT2D eigenvalue weighted by Gasteiger charge is 2.02. The zero-order chi connectivity index (χ0) is 9.52. The normalized spacial score (nSPS) is 13.1. The second-order valence-electron chi connectivity index (χ2n) is 3.21. The lowest BCUT2D eigenvalue weighted by Crippen LogP contribution is -2.23. The van der Waals surface area contributed by atoms with Crippen molar-refractivity contribution in [2.75, 3.05) is 7.05 Å². The van der Waals surface area contributed by atoms with Crippen LogP contribution in [0.15, 0.2) is 11.6 Å². The summed E-state index contributed by atoms with van der Waals surface area (Å²) >= 11 is 1.76. The van der Waals surface area contributed by atoms with Crippen LogP contribution in [0, 0.1) is 0 Å². The highest BCUT2D eigenvalue weighted by Crippen LogP contribution is 2.10. The molecule has 3 heteroatoms. The average Bonchev–Trinajstić information content (AvgIpc) is 2.65. The summed E-state index contributed by atoms with van der Waals surface area (Å²) in [6, 6.07) is 0.681. The average molecular weight is 198 g/mol. The Hall–Kier alpha value is -0.410. The van der Waals surface area contributed by atoms with E-state index in [9.17, 15) is 0 Å². The lowest BCUT2D eigenvalue weighted by molar-refractivity contribution is 0.491. The quantitative estimate of drug-likeness (QED) is 0.759. The van der Waals surface area contributed by atoms with Gasteiger partial charge in [-0.25, -0.2) is 4.98 Å². The molecule has 1 rings (SSSR count). The van der Waals surface area contributed by atoms with Crippen molar-refractivity contribution in [3.63, 3.8) is 0 Å². The summed E-state index contributed by atoms with van der Waals surface area (Å²) in [5.74, 6) is 0. The van der Waals surface area contributed by atoms with Crippen LogP contribution in [0.1, 0.15) is 31.2 Å². The maximum atomic E-state index is 4.26.